The summed E-state index contributed by atoms with van der Waals surface area (Å²) >= 11 is 0. The van der Waals surface area contributed by atoms with Gasteiger partial charge >= 0.3 is 0 Å². The summed E-state index contributed by atoms with van der Waals surface area (Å²) in [4.78, 5) is 0. The molecule has 0 spiro atoms. The summed E-state index contributed by atoms with van der Waals surface area (Å²) < 4.78 is 14.5. The Balaban J connectivity index is 2.92. The highest BCUT2D eigenvalue weighted by molar-refractivity contribution is 5.03. The molecule has 1 heterocycles. The Labute approximate surface area is 72.4 Å². The summed E-state index contributed by atoms with van der Waals surface area (Å²) in [6.45, 7) is 7.60. The largest absolute Gasteiger partial charge is 0.267 e. The first-order valence-electron chi connectivity index (χ1n) is 4.11. The highest BCUT2D eigenvalue weighted by Gasteiger charge is 2.15. The van der Waals surface area contributed by atoms with Crippen LogP contribution in [0.4, 0.5) is 4.39 Å². The highest BCUT2D eigenvalue weighted by Crippen LogP contribution is 2.17. The van der Waals surface area contributed by atoms with Gasteiger partial charge in [-0.05, 0) is 33.8 Å². The molecule has 1 aromatic rings. The standard InChI is InChI=1S/C9H15FN2/c1-7(10)8-5-6-12(11-8)9(2,3)4/h5-7H,1-4H3. The van der Waals surface area contributed by atoms with Gasteiger partial charge in [-0.3, -0.25) is 4.68 Å². The van der Waals surface area contributed by atoms with Crippen LogP contribution in [0.15, 0.2) is 12.3 Å². The number of halogens is 1. The zero-order valence-electron chi connectivity index (χ0n) is 8.00. The van der Waals surface area contributed by atoms with Crippen molar-refractivity contribution in [1.29, 1.82) is 0 Å². The van der Waals surface area contributed by atoms with Crippen molar-refractivity contribution >= 4 is 0 Å². The number of hydrogen-bond donors (Lipinski definition) is 0. The van der Waals surface area contributed by atoms with E-state index in [1.165, 1.54) is 6.92 Å². The fraction of sp³-hybridized carbons (Fsp3) is 0.667. The molecule has 2 nitrogen and oxygen atoms in total. The molecule has 0 aliphatic heterocycles. The van der Waals surface area contributed by atoms with Crippen LogP contribution in [0.3, 0.4) is 0 Å². The summed E-state index contributed by atoms with van der Waals surface area (Å²) in [6, 6.07) is 1.72. The SMILES string of the molecule is CC(F)c1ccn(C(C)(C)C)n1. The molecule has 1 atom stereocenters. The van der Waals surface area contributed by atoms with Crippen LogP contribution in [0.5, 0.6) is 0 Å². The topological polar surface area (TPSA) is 17.8 Å². The maximum absolute atomic E-state index is 12.8. The summed E-state index contributed by atoms with van der Waals surface area (Å²) in [5.41, 5.74) is 0.442. The summed E-state index contributed by atoms with van der Waals surface area (Å²) in [7, 11) is 0. The minimum atomic E-state index is -0.978. The van der Waals surface area contributed by atoms with Crippen LogP contribution in [0.2, 0.25) is 0 Å². The number of rotatable bonds is 1. The minimum Gasteiger partial charge on any atom is -0.267 e. The molecule has 0 amide bonds. The van der Waals surface area contributed by atoms with E-state index in [9.17, 15) is 4.39 Å². The fourth-order valence-electron chi connectivity index (χ4n) is 0.924. The Morgan fingerprint density at radius 3 is 2.33 bits per heavy atom. The van der Waals surface area contributed by atoms with Crippen LogP contribution < -0.4 is 0 Å². The number of hydrogen-bond acceptors (Lipinski definition) is 1. The van der Waals surface area contributed by atoms with Crippen LogP contribution >= 0.6 is 0 Å². The van der Waals surface area contributed by atoms with Gasteiger partial charge in [0.05, 0.1) is 11.2 Å². The Hall–Kier alpha value is -0.860. The van der Waals surface area contributed by atoms with Crippen LogP contribution in [-0.4, -0.2) is 9.78 Å². The molecule has 3 heteroatoms. The lowest BCUT2D eigenvalue weighted by atomic mass is 10.1. The van der Waals surface area contributed by atoms with Gasteiger partial charge in [-0.1, -0.05) is 0 Å². The first kappa shape index (κ1) is 9.23. The minimum absolute atomic E-state index is 0.0624. The van der Waals surface area contributed by atoms with Crippen molar-refractivity contribution in [2.45, 2.75) is 39.4 Å². The van der Waals surface area contributed by atoms with Gasteiger partial charge in [0.25, 0.3) is 0 Å². The molecule has 0 saturated heterocycles. The van der Waals surface area contributed by atoms with Crippen LogP contribution in [0.25, 0.3) is 0 Å². The maximum atomic E-state index is 12.8. The third-order valence-electron chi connectivity index (χ3n) is 1.70. The van der Waals surface area contributed by atoms with Crippen molar-refractivity contribution in [2.24, 2.45) is 0 Å². The molecule has 0 aliphatic rings. The summed E-state index contributed by atoms with van der Waals surface area (Å²) in [6.07, 6.45) is 0.833. The van der Waals surface area contributed by atoms with E-state index < -0.39 is 6.17 Å². The van der Waals surface area contributed by atoms with E-state index in [2.05, 4.69) is 5.10 Å². The van der Waals surface area contributed by atoms with E-state index >= 15 is 0 Å². The fourth-order valence-corrected chi connectivity index (χ4v) is 0.924. The molecular weight excluding hydrogens is 155 g/mol. The van der Waals surface area contributed by atoms with Crippen LogP contribution in [-0.2, 0) is 5.54 Å². The van der Waals surface area contributed by atoms with E-state index in [1.54, 1.807) is 10.7 Å². The predicted molar refractivity (Wildman–Crippen MR) is 46.7 cm³/mol. The molecule has 0 aromatic carbocycles. The van der Waals surface area contributed by atoms with E-state index in [0.29, 0.717) is 5.69 Å². The van der Waals surface area contributed by atoms with Crippen molar-refractivity contribution in [3.63, 3.8) is 0 Å². The molecule has 1 rings (SSSR count). The van der Waals surface area contributed by atoms with E-state index in [4.69, 9.17) is 0 Å². The number of aromatic nitrogens is 2. The van der Waals surface area contributed by atoms with Gasteiger partial charge in [0.1, 0.15) is 6.17 Å². The van der Waals surface area contributed by atoms with Crippen molar-refractivity contribution in [3.05, 3.63) is 18.0 Å². The highest BCUT2D eigenvalue weighted by atomic mass is 19.1. The van der Waals surface area contributed by atoms with Crippen molar-refractivity contribution in [2.75, 3.05) is 0 Å². The second-order valence-electron chi connectivity index (χ2n) is 3.97. The van der Waals surface area contributed by atoms with Gasteiger partial charge in [-0.2, -0.15) is 5.10 Å². The average Bonchev–Trinajstić information content (AvgIpc) is 2.30. The van der Waals surface area contributed by atoms with E-state index in [0.717, 1.165) is 0 Å². The molecule has 0 radical (unpaired) electrons. The molecule has 12 heavy (non-hydrogen) atoms. The Bertz CT molecular complexity index is 258. The second-order valence-corrected chi connectivity index (χ2v) is 3.97. The van der Waals surface area contributed by atoms with Crippen LogP contribution in [0, 0.1) is 0 Å². The third kappa shape index (κ3) is 1.84. The van der Waals surface area contributed by atoms with Gasteiger partial charge in [0, 0.05) is 6.20 Å². The number of alkyl halides is 1. The predicted octanol–water partition coefficient (Wildman–Crippen LogP) is 2.67. The van der Waals surface area contributed by atoms with Gasteiger partial charge in [-0.15, -0.1) is 0 Å². The smallest absolute Gasteiger partial charge is 0.141 e. The molecule has 0 bridgehead atoms. The quantitative estimate of drug-likeness (QED) is 0.633. The molecule has 1 aromatic heterocycles. The first-order chi connectivity index (χ1) is 5.41. The van der Waals surface area contributed by atoms with Crippen molar-refractivity contribution < 1.29 is 4.39 Å². The van der Waals surface area contributed by atoms with Gasteiger partial charge in [-0.25, -0.2) is 4.39 Å². The molecular formula is C9H15FN2. The molecule has 68 valence electrons. The summed E-state index contributed by atoms with van der Waals surface area (Å²) in [5, 5.41) is 4.12. The Morgan fingerprint density at radius 2 is 2.08 bits per heavy atom. The maximum Gasteiger partial charge on any atom is 0.141 e. The lowest BCUT2D eigenvalue weighted by Crippen LogP contribution is -2.22. The lowest BCUT2D eigenvalue weighted by Gasteiger charge is -2.18. The zero-order valence-corrected chi connectivity index (χ0v) is 8.00. The first-order valence-corrected chi connectivity index (χ1v) is 4.11. The van der Waals surface area contributed by atoms with Crippen LogP contribution in [0.1, 0.15) is 39.6 Å². The molecule has 0 N–H and O–H groups in total. The zero-order chi connectivity index (χ0) is 9.35. The van der Waals surface area contributed by atoms with E-state index in [-0.39, 0.29) is 5.54 Å². The lowest BCUT2D eigenvalue weighted by molar-refractivity contribution is 0.329. The average molecular weight is 170 g/mol. The van der Waals surface area contributed by atoms with Gasteiger partial charge in [0.2, 0.25) is 0 Å². The monoisotopic (exact) mass is 170 g/mol. The van der Waals surface area contributed by atoms with Gasteiger partial charge in [0.15, 0.2) is 0 Å². The summed E-state index contributed by atoms with van der Waals surface area (Å²) in [5.74, 6) is 0. The molecule has 1 unspecified atom stereocenters. The Kier molecular flexibility index (Phi) is 2.22. The Morgan fingerprint density at radius 1 is 1.50 bits per heavy atom. The van der Waals surface area contributed by atoms with Gasteiger partial charge < -0.3 is 0 Å². The second kappa shape index (κ2) is 2.88. The molecule has 0 saturated carbocycles. The van der Waals surface area contributed by atoms with Crippen molar-refractivity contribution in [3.8, 4) is 0 Å². The molecule has 0 aliphatic carbocycles. The number of nitrogens with zero attached hydrogens (tertiary/aromatic N) is 2. The molecule has 0 fully saturated rings. The van der Waals surface area contributed by atoms with Crippen molar-refractivity contribution in [1.82, 2.24) is 9.78 Å². The normalized spacial score (nSPS) is 14.8. The van der Waals surface area contributed by atoms with E-state index in [1.807, 2.05) is 27.0 Å². The third-order valence-corrected chi connectivity index (χ3v) is 1.70.